The van der Waals surface area contributed by atoms with Crippen LogP contribution in [0.3, 0.4) is 0 Å². The predicted octanol–water partition coefficient (Wildman–Crippen LogP) is 2.93. The smallest absolute Gasteiger partial charge is 0.0611 e. The minimum absolute atomic E-state index is 0.123. The van der Waals surface area contributed by atoms with Crippen molar-refractivity contribution in [2.24, 2.45) is 5.73 Å². The summed E-state index contributed by atoms with van der Waals surface area (Å²) in [6.45, 7) is 2.18. The average molecular weight is 245 g/mol. The Bertz CT molecular complexity index is 177. The molecule has 2 nitrogen and oxygen atoms in total. The number of hydrogen-bond donors (Lipinski definition) is 2. The van der Waals surface area contributed by atoms with Crippen molar-refractivity contribution in [3.8, 4) is 0 Å². The van der Waals surface area contributed by atoms with Crippen LogP contribution in [0.15, 0.2) is 0 Å². The molecule has 3 N–H and O–H groups in total. The van der Waals surface area contributed by atoms with Crippen molar-refractivity contribution in [1.29, 1.82) is 0 Å². The highest BCUT2D eigenvalue weighted by Gasteiger charge is 2.21. The van der Waals surface area contributed by atoms with Crippen LogP contribution in [0.4, 0.5) is 0 Å². The molecule has 1 rings (SSSR count). The van der Waals surface area contributed by atoms with E-state index in [1.54, 1.807) is 0 Å². The van der Waals surface area contributed by atoms with Gasteiger partial charge in [-0.15, -0.1) is 0 Å². The number of nitrogens with two attached hydrogens (primary N) is 1. The van der Waals surface area contributed by atoms with Crippen LogP contribution >= 0.6 is 11.8 Å². The van der Waals surface area contributed by atoms with Crippen LogP contribution in [0, 0.1) is 0 Å². The van der Waals surface area contributed by atoms with Crippen molar-refractivity contribution in [2.45, 2.75) is 69.1 Å². The fourth-order valence-corrected chi connectivity index (χ4v) is 3.58. The Kier molecular flexibility index (Phi) is 6.78. The van der Waals surface area contributed by atoms with Crippen LogP contribution in [0.1, 0.15) is 58.3 Å². The predicted molar refractivity (Wildman–Crippen MR) is 72.9 cm³/mol. The van der Waals surface area contributed by atoms with Crippen LogP contribution in [-0.4, -0.2) is 28.3 Å². The summed E-state index contributed by atoms with van der Waals surface area (Å²) in [5.41, 5.74) is 5.73. The number of rotatable bonds is 7. The zero-order valence-electron chi connectivity index (χ0n) is 10.6. The standard InChI is InChI=1S/C13H27NOS/c1-2-13(14,11-15)9-6-10-16-12-7-4-3-5-8-12/h12,15H,2-11,14H2,1H3. The molecule has 1 saturated carbocycles. The molecule has 0 aromatic rings. The zero-order chi connectivity index (χ0) is 11.9. The molecule has 0 heterocycles. The Morgan fingerprint density at radius 3 is 2.56 bits per heavy atom. The summed E-state index contributed by atoms with van der Waals surface area (Å²) in [5, 5.41) is 10.1. The van der Waals surface area contributed by atoms with Crippen LogP contribution in [0.2, 0.25) is 0 Å². The number of thioether (sulfide) groups is 1. The molecule has 0 aromatic carbocycles. The Hall–Kier alpha value is 0.270. The van der Waals surface area contributed by atoms with E-state index in [1.165, 1.54) is 37.9 Å². The molecule has 1 unspecified atom stereocenters. The van der Waals surface area contributed by atoms with Gasteiger partial charge in [0.05, 0.1) is 6.61 Å². The van der Waals surface area contributed by atoms with Crippen LogP contribution < -0.4 is 5.73 Å². The first-order chi connectivity index (χ1) is 7.70. The van der Waals surface area contributed by atoms with Gasteiger partial charge in [0.25, 0.3) is 0 Å². The molecule has 1 aliphatic carbocycles. The monoisotopic (exact) mass is 245 g/mol. The van der Waals surface area contributed by atoms with Gasteiger partial charge in [-0.2, -0.15) is 11.8 Å². The second-order valence-electron chi connectivity index (χ2n) is 5.11. The molecule has 16 heavy (non-hydrogen) atoms. The highest BCUT2D eigenvalue weighted by Crippen LogP contribution is 2.29. The summed E-state index contributed by atoms with van der Waals surface area (Å²) < 4.78 is 0. The van der Waals surface area contributed by atoms with Gasteiger partial charge in [-0.25, -0.2) is 0 Å². The topological polar surface area (TPSA) is 46.2 Å². The molecule has 0 spiro atoms. The Labute approximate surface area is 104 Å². The van der Waals surface area contributed by atoms with Crippen molar-refractivity contribution in [1.82, 2.24) is 0 Å². The van der Waals surface area contributed by atoms with Gasteiger partial charge in [-0.05, 0) is 37.9 Å². The molecule has 96 valence electrons. The van der Waals surface area contributed by atoms with E-state index in [0.29, 0.717) is 0 Å². The van der Waals surface area contributed by atoms with Crippen LogP contribution in [0.25, 0.3) is 0 Å². The minimum Gasteiger partial charge on any atom is -0.394 e. The van der Waals surface area contributed by atoms with Crippen molar-refractivity contribution >= 4 is 11.8 Å². The van der Waals surface area contributed by atoms with Gasteiger partial charge in [0.15, 0.2) is 0 Å². The normalized spacial score (nSPS) is 21.9. The summed E-state index contributed by atoms with van der Waals surface area (Å²) in [6.07, 6.45) is 10.1. The first kappa shape index (κ1) is 14.3. The third kappa shape index (κ3) is 5.07. The van der Waals surface area contributed by atoms with Crippen LogP contribution in [-0.2, 0) is 0 Å². The van der Waals surface area contributed by atoms with E-state index in [0.717, 1.165) is 24.5 Å². The molecule has 1 aliphatic rings. The van der Waals surface area contributed by atoms with Gasteiger partial charge in [0.2, 0.25) is 0 Å². The third-order valence-corrected chi connectivity index (χ3v) is 5.21. The Morgan fingerprint density at radius 2 is 2.00 bits per heavy atom. The number of aliphatic hydroxyl groups excluding tert-OH is 1. The largest absolute Gasteiger partial charge is 0.394 e. The maximum absolute atomic E-state index is 9.20. The van der Waals surface area contributed by atoms with Gasteiger partial charge < -0.3 is 10.8 Å². The lowest BCUT2D eigenvalue weighted by Gasteiger charge is -2.26. The highest BCUT2D eigenvalue weighted by molar-refractivity contribution is 7.99. The van der Waals surface area contributed by atoms with E-state index in [2.05, 4.69) is 18.7 Å². The van der Waals surface area contributed by atoms with E-state index in [1.807, 2.05) is 0 Å². The number of hydrogen-bond acceptors (Lipinski definition) is 3. The van der Waals surface area contributed by atoms with Crippen molar-refractivity contribution in [2.75, 3.05) is 12.4 Å². The third-order valence-electron chi connectivity index (χ3n) is 3.74. The molecule has 1 fully saturated rings. The average Bonchev–Trinajstić information content (AvgIpc) is 2.36. The quantitative estimate of drug-likeness (QED) is 0.678. The van der Waals surface area contributed by atoms with E-state index in [-0.39, 0.29) is 12.1 Å². The summed E-state index contributed by atoms with van der Waals surface area (Å²) in [6, 6.07) is 0. The molecule has 0 amide bonds. The molecule has 0 radical (unpaired) electrons. The fraction of sp³-hybridized carbons (Fsp3) is 1.00. The maximum atomic E-state index is 9.20. The van der Waals surface area contributed by atoms with Crippen molar-refractivity contribution in [3.05, 3.63) is 0 Å². The van der Waals surface area contributed by atoms with E-state index in [4.69, 9.17) is 5.73 Å². The van der Waals surface area contributed by atoms with Gasteiger partial charge in [0, 0.05) is 10.8 Å². The fourth-order valence-electron chi connectivity index (χ4n) is 2.27. The molecule has 0 aliphatic heterocycles. The Morgan fingerprint density at radius 1 is 1.31 bits per heavy atom. The molecular weight excluding hydrogens is 218 g/mol. The van der Waals surface area contributed by atoms with Crippen molar-refractivity contribution < 1.29 is 5.11 Å². The van der Waals surface area contributed by atoms with E-state index < -0.39 is 0 Å². The molecule has 3 heteroatoms. The first-order valence-electron chi connectivity index (χ1n) is 6.71. The lowest BCUT2D eigenvalue weighted by Crippen LogP contribution is -2.43. The molecular formula is C13H27NOS. The summed E-state index contributed by atoms with van der Waals surface area (Å²) in [5.74, 6) is 1.21. The summed E-state index contributed by atoms with van der Waals surface area (Å²) >= 11 is 2.12. The Balaban J connectivity index is 2.06. The zero-order valence-corrected chi connectivity index (χ0v) is 11.4. The van der Waals surface area contributed by atoms with Gasteiger partial charge in [-0.1, -0.05) is 26.2 Å². The highest BCUT2D eigenvalue weighted by atomic mass is 32.2. The second-order valence-corrected chi connectivity index (χ2v) is 6.52. The summed E-state index contributed by atoms with van der Waals surface area (Å²) in [7, 11) is 0. The first-order valence-corrected chi connectivity index (χ1v) is 7.76. The van der Waals surface area contributed by atoms with Crippen LogP contribution in [0.5, 0.6) is 0 Å². The van der Waals surface area contributed by atoms with Gasteiger partial charge >= 0.3 is 0 Å². The second kappa shape index (κ2) is 7.57. The van der Waals surface area contributed by atoms with Gasteiger partial charge in [0.1, 0.15) is 0 Å². The van der Waals surface area contributed by atoms with Gasteiger partial charge in [-0.3, -0.25) is 0 Å². The molecule has 1 atom stereocenters. The van der Waals surface area contributed by atoms with E-state index >= 15 is 0 Å². The lowest BCUT2D eigenvalue weighted by molar-refractivity contribution is 0.182. The molecule has 0 bridgehead atoms. The molecule has 0 aromatic heterocycles. The SMILES string of the molecule is CCC(N)(CO)CCCSC1CCCCC1. The minimum atomic E-state index is -0.326. The number of aliphatic hydroxyl groups is 1. The van der Waals surface area contributed by atoms with E-state index in [9.17, 15) is 5.11 Å². The molecule has 0 saturated heterocycles. The lowest BCUT2D eigenvalue weighted by atomic mass is 9.93. The van der Waals surface area contributed by atoms with Crippen molar-refractivity contribution in [3.63, 3.8) is 0 Å². The maximum Gasteiger partial charge on any atom is 0.0611 e. The summed E-state index contributed by atoms with van der Waals surface area (Å²) in [4.78, 5) is 0.